The van der Waals surface area contributed by atoms with Crippen molar-refractivity contribution in [3.05, 3.63) is 35.4 Å². The van der Waals surface area contributed by atoms with Crippen LogP contribution >= 0.6 is 0 Å². The Hall–Kier alpha value is -2.02. The Morgan fingerprint density at radius 3 is 3.10 bits per heavy atom. The fraction of sp³-hybridized carbons (Fsp3) is 0.500. The molecule has 0 spiro atoms. The van der Waals surface area contributed by atoms with Crippen LogP contribution in [0.3, 0.4) is 0 Å². The maximum Gasteiger partial charge on any atom is 0.317 e. The second-order valence-corrected chi connectivity index (χ2v) is 5.30. The molecule has 1 N–H and O–H groups in total. The molecule has 1 aromatic rings. The minimum atomic E-state index is 0.0392. The van der Waals surface area contributed by atoms with Crippen LogP contribution in [0, 0.1) is 17.2 Å². The highest BCUT2D eigenvalue weighted by atomic mass is 16.2. The first-order valence-electron chi connectivity index (χ1n) is 7.24. The van der Waals surface area contributed by atoms with Crippen molar-refractivity contribution in [2.24, 2.45) is 5.92 Å². The third-order valence-corrected chi connectivity index (χ3v) is 3.90. The van der Waals surface area contributed by atoms with Crippen molar-refractivity contribution >= 4 is 6.03 Å². The highest BCUT2D eigenvalue weighted by Crippen LogP contribution is 2.18. The van der Waals surface area contributed by atoms with Crippen molar-refractivity contribution in [3.8, 4) is 6.07 Å². The van der Waals surface area contributed by atoms with Crippen LogP contribution < -0.4 is 5.32 Å². The SMILES string of the molecule is CCC1CCN(C(=O)NCCc2cccc(C#N)c2)C1. The van der Waals surface area contributed by atoms with E-state index in [1.54, 1.807) is 6.07 Å². The predicted octanol–water partition coefficient (Wildman–Crippen LogP) is 2.54. The van der Waals surface area contributed by atoms with Gasteiger partial charge in [-0.1, -0.05) is 25.5 Å². The lowest BCUT2D eigenvalue weighted by Crippen LogP contribution is -2.39. The summed E-state index contributed by atoms with van der Waals surface area (Å²) in [5.74, 6) is 0.660. The topological polar surface area (TPSA) is 56.1 Å². The van der Waals surface area contributed by atoms with Crippen LogP contribution in [-0.4, -0.2) is 30.6 Å². The molecule has 1 unspecified atom stereocenters. The number of carbonyl (C=O) groups excluding carboxylic acids is 1. The molecule has 1 aliphatic heterocycles. The van der Waals surface area contributed by atoms with Gasteiger partial charge in [-0.15, -0.1) is 0 Å². The van der Waals surface area contributed by atoms with Crippen LogP contribution in [-0.2, 0) is 6.42 Å². The number of nitrogens with zero attached hydrogens (tertiary/aromatic N) is 2. The summed E-state index contributed by atoms with van der Waals surface area (Å²) in [6, 6.07) is 9.68. The number of nitriles is 1. The molecule has 0 aliphatic carbocycles. The average molecular weight is 271 g/mol. The third-order valence-electron chi connectivity index (χ3n) is 3.90. The van der Waals surface area contributed by atoms with Gasteiger partial charge in [-0.2, -0.15) is 5.26 Å². The molecular weight excluding hydrogens is 250 g/mol. The van der Waals surface area contributed by atoms with E-state index in [9.17, 15) is 4.79 Å². The van der Waals surface area contributed by atoms with Gasteiger partial charge in [0.15, 0.2) is 0 Å². The Kier molecular flexibility index (Phi) is 5.00. The molecule has 1 heterocycles. The number of urea groups is 1. The number of hydrogen-bond acceptors (Lipinski definition) is 2. The van der Waals surface area contributed by atoms with E-state index in [0.717, 1.165) is 37.9 Å². The minimum Gasteiger partial charge on any atom is -0.338 e. The van der Waals surface area contributed by atoms with Gasteiger partial charge in [-0.3, -0.25) is 0 Å². The quantitative estimate of drug-likeness (QED) is 0.915. The lowest BCUT2D eigenvalue weighted by molar-refractivity contribution is 0.207. The number of likely N-dealkylation sites (tertiary alicyclic amines) is 1. The van der Waals surface area contributed by atoms with E-state index in [0.29, 0.717) is 18.0 Å². The lowest BCUT2D eigenvalue weighted by Gasteiger charge is -2.17. The number of benzene rings is 1. The molecule has 0 bridgehead atoms. The Bertz CT molecular complexity index is 507. The molecule has 20 heavy (non-hydrogen) atoms. The zero-order valence-corrected chi connectivity index (χ0v) is 11.9. The maximum atomic E-state index is 12.0. The van der Waals surface area contributed by atoms with E-state index in [4.69, 9.17) is 5.26 Å². The molecule has 0 radical (unpaired) electrons. The Morgan fingerprint density at radius 1 is 1.55 bits per heavy atom. The van der Waals surface area contributed by atoms with Crippen molar-refractivity contribution in [2.45, 2.75) is 26.2 Å². The summed E-state index contributed by atoms with van der Waals surface area (Å²) in [5, 5.41) is 11.8. The normalized spacial score (nSPS) is 17.8. The summed E-state index contributed by atoms with van der Waals surface area (Å²) in [6.45, 7) is 4.54. The van der Waals surface area contributed by atoms with Gasteiger partial charge < -0.3 is 10.2 Å². The summed E-state index contributed by atoms with van der Waals surface area (Å²) in [6.07, 6.45) is 3.02. The molecule has 106 valence electrons. The van der Waals surface area contributed by atoms with Crippen LogP contribution in [0.4, 0.5) is 4.79 Å². The molecule has 2 amide bonds. The number of carbonyl (C=O) groups is 1. The predicted molar refractivity (Wildman–Crippen MR) is 78.2 cm³/mol. The van der Waals surface area contributed by atoms with E-state index in [2.05, 4.69) is 18.3 Å². The summed E-state index contributed by atoms with van der Waals surface area (Å²) in [5.41, 5.74) is 1.75. The number of nitrogens with one attached hydrogen (secondary N) is 1. The standard InChI is InChI=1S/C16H21N3O/c1-2-13-7-9-19(12-13)16(20)18-8-6-14-4-3-5-15(10-14)11-17/h3-5,10,13H,2,6-9,12H2,1H3,(H,18,20). The average Bonchev–Trinajstić information content (AvgIpc) is 2.96. The van der Waals surface area contributed by atoms with Crippen molar-refractivity contribution in [2.75, 3.05) is 19.6 Å². The zero-order chi connectivity index (χ0) is 14.4. The van der Waals surface area contributed by atoms with E-state index < -0.39 is 0 Å². The molecule has 0 aromatic heterocycles. The van der Waals surface area contributed by atoms with Gasteiger partial charge in [-0.05, 0) is 36.5 Å². The number of amides is 2. The summed E-state index contributed by atoms with van der Waals surface area (Å²) < 4.78 is 0. The van der Waals surface area contributed by atoms with Crippen molar-refractivity contribution in [1.29, 1.82) is 5.26 Å². The van der Waals surface area contributed by atoms with Gasteiger partial charge in [0.1, 0.15) is 0 Å². The molecule has 1 aromatic carbocycles. The van der Waals surface area contributed by atoms with Crippen LogP contribution in [0.5, 0.6) is 0 Å². The molecule has 2 rings (SSSR count). The fourth-order valence-corrected chi connectivity index (χ4v) is 2.57. The molecular formula is C16H21N3O. The van der Waals surface area contributed by atoms with Gasteiger partial charge in [0, 0.05) is 19.6 Å². The minimum absolute atomic E-state index is 0.0392. The second kappa shape index (κ2) is 6.95. The summed E-state index contributed by atoms with van der Waals surface area (Å²) >= 11 is 0. The molecule has 1 aliphatic rings. The van der Waals surface area contributed by atoms with Crippen molar-refractivity contribution in [1.82, 2.24) is 10.2 Å². The summed E-state index contributed by atoms with van der Waals surface area (Å²) in [7, 11) is 0. The lowest BCUT2D eigenvalue weighted by atomic mass is 10.1. The highest BCUT2D eigenvalue weighted by molar-refractivity contribution is 5.74. The second-order valence-electron chi connectivity index (χ2n) is 5.30. The van der Waals surface area contributed by atoms with Crippen LogP contribution in [0.1, 0.15) is 30.9 Å². The van der Waals surface area contributed by atoms with Gasteiger partial charge in [-0.25, -0.2) is 4.79 Å². The van der Waals surface area contributed by atoms with Crippen LogP contribution in [0.25, 0.3) is 0 Å². The molecule has 1 fully saturated rings. The van der Waals surface area contributed by atoms with E-state index in [-0.39, 0.29) is 6.03 Å². The van der Waals surface area contributed by atoms with Gasteiger partial charge in [0.2, 0.25) is 0 Å². The van der Waals surface area contributed by atoms with Crippen molar-refractivity contribution < 1.29 is 4.79 Å². The number of hydrogen-bond donors (Lipinski definition) is 1. The molecule has 4 heteroatoms. The Labute approximate surface area is 120 Å². The largest absolute Gasteiger partial charge is 0.338 e. The van der Waals surface area contributed by atoms with Crippen molar-refractivity contribution in [3.63, 3.8) is 0 Å². The fourth-order valence-electron chi connectivity index (χ4n) is 2.57. The van der Waals surface area contributed by atoms with Crippen LogP contribution in [0.15, 0.2) is 24.3 Å². The Balaban J connectivity index is 1.75. The molecule has 0 saturated carbocycles. The molecule has 1 saturated heterocycles. The van der Waals surface area contributed by atoms with Crippen LogP contribution in [0.2, 0.25) is 0 Å². The highest BCUT2D eigenvalue weighted by Gasteiger charge is 2.24. The third kappa shape index (κ3) is 3.74. The van der Waals surface area contributed by atoms with E-state index in [1.807, 2.05) is 23.1 Å². The van der Waals surface area contributed by atoms with Gasteiger partial charge >= 0.3 is 6.03 Å². The van der Waals surface area contributed by atoms with E-state index in [1.165, 1.54) is 0 Å². The molecule has 1 atom stereocenters. The van der Waals surface area contributed by atoms with E-state index >= 15 is 0 Å². The monoisotopic (exact) mass is 271 g/mol. The molecule has 4 nitrogen and oxygen atoms in total. The van der Waals surface area contributed by atoms with Gasteiger partial charge in [0.05, 0.1) is 11.6 Å². The first kappa shape index (κ1) is 14.4. The number of rotatable bonds is 4. The maximum absolute atomic E-state index is 12.0. The van der Waals surface area contributed by atoms with Gasteiger partial charge in [0.25, 0.3) is 0 Å². The first-order chi connectivity index (χ1) is 9.72. The summed E-state index contributed by atoms with van der Waals surface area (Å²) in [4.78, 5) is 13.9. The first-order valence-corrected chi connectivity index (χ1v) is 7.24. The Morgan fingerprint density at radius 2 is 2.40 bits per heavy atom. The smallest absolute Gasteiger partial charge is 0.317 e. The zero-order valence-electron chi connectivity index (χ0n) is 11.9.